The van der Waals surface area contributed by atoms with Crippen LogP contribution < -0.4 is 10.1 Å². The fourth-order valence-corrected chi connectivity index (χ4v) is 1.78. The van der Waals surface area contributed by atoms with Gasteiger partial charge in [-0.05, 0) is 43.5 Å². The first-order chi connectivity index (χ1) is 8.15. The van der Waals surface area contributed by atoms with Gasteiger partial charge in [0.05, 0.1) is 6.61 Å². The van der Waals surface area contributed by atoms with Gasteiger partial charge < -0.3 is 10.1 Å². The Morgan fingerprint density at radius 1 is 1.47 bits per heavy atom. The van der Waals surface area contributed by atoms with E-state index in [0.29, 0.717) is 5.92 Å². The number of hydrogen-bond donors (Lipinski definition) is 1. The average Bonchev–Trinajstić information content (AvgIpc) is 3.12. The maximum atomic E-state index is 5.97. The molecule has 17 heavy (non-hydrogen) atoms. The second-order valence-electron chi connectivity index (χ2n) is 5.01. The van der Waals surface area contributed by atoms with Crippen molar-refractivity contribution in [1.29, 1.82) is 0 Å². The van der Waals surface area contributed by atoms with E-state index in [-0.39, 0.29) is 0 Å². The van der Waals surface area contributed by atoms with Gasteiger partial charge in [-0.2, -0.15) is 0 Å². The van der Waals surface area contributed by atoms with E-state index in [1.165, 1.54) is 12.8 Å². The van der Waals surface area contributed by atoms with Gasteiger partial charge in [-0.3, -0.25) is 0 Å². The van der Waals surface area contributed by atoms with Crippen molar-refractivity contribution >= 4 is 11.6 Å². The summed E-state index contributed by atoms with van der Waals surface area (Å²) in [5, 5.41) is 4.30. The predicted molar refractivity (Wildman–Crippen MR) is 71.9 cm³/mol. The first-order valence-corrected chi connectivity index (χ1v) is 6.65. The van der Waals surface area contributed by atoms with Crippen LogP contribution in [0.3, 0.4) is 0 Å². The van der Waals surface area contributed by atoms with E-state index in [1.54, 1.807) is 0 Å². The van der Waals surface area contributed by atoms with Crippen LogP contribution in [0.5, 0.6) is 5.75 Å². The molecule has 1 aromatic carbocycles. The van der Waals surface area contributed by atoms with E-state index in [1.807, 2.05) is 25.1 Å². The Bertz CT molecular complexity index is 376. The van der Waals surface area contributed by atoms with Crippen LogP contribution in [0, 0.1) is 12.8 Å². The fourth-order valence-electron chi connectivity index (χ4n) is 1.66. The molecule has 3 heteroatoms. The van der Waals surface area contributed by atoms with Gasteiger partial charge >= 0.3 is 0 Å². The number of nitrogens with one attached hydrogen (secondary N) is 1. The van der Waals surface area contributed by atoms with Crippen LogP contribution in [-0.2, 0) is 0 Å². The standard InChI is InChI=1S/C14H20ClNO/c1-10(8-16-12-3-4-12)9-17-13-5-6-14(15)11(2)7-13/h5-7,10,12,16H,3-4,8-9H2,1-2H3. The molecule has 0 bridgehead atoms. The molecular weight excluding hydrogens is 234 g/mol. The van der Waals surface area contributed by atoms with E-state index in [4.69, 9.17) is 16.3 Å². The van der Waals surface area contributed by atoms with Crippen molar-refractivity contribution in [3.8, 4) is 5.75 Å². The van der Waals surface area contributed by atoms with Gasteiger partial charge in [0.15, 0.2) is 0 Å². The monoisotopic (exact) mass is 253 g/mol. The van der Waals surface area contributed by atoms with Crippen molar-refractivity contribution in [2.45, 2.75) is 32.7 Å². The molecule has 1 aliphatic rings. The molecule has 1 aromatic rings. The van der Waals surface area contributed by atoms with Gasteiger partial charge in [0.1, 0.15) is 5.75 Å². The Hall–Kier alpha value is -0.730. The third kappa shape index (κ3) is 4.21. The summed E-state index contributed by atoms with van der Waals surface area (Å²) in [7, 11) is 0. The van der Waals surface area contributed by atoms with Crippen molar-refractivity contribution in [1.82, 2.24) is 5.32 Å². The molecule has 94 valence electrons. The van der Waals surface area contributed by atoms with E-state index >= 15 is 0 Å². The zero-order chi connectivity index (χ0) is 12.3. The lowest BCUT2D eigenvalue weighted by molar-refractivity contribution is 0.255. The number of ether oxygens (including phenoxy) is 1. The number of halogens is 1. The lowest BCUT2D eigenvalue weighted by Gasteiger charge is -2.14. The number of aryl methyl sites for hydroxylation is 1. The summed E-state index contributed by atoms with van der Waals surface area (Å²) in [5.74, 6) is 1.44. The Morgan fingerprint density at radius 2 is 2.24 bits per heavy atom. The van der Waals surface area contributed by atoms with Gasteiger partial charge in [0, 0.05) is 23.5 Å². The lowest BCUT2D eigenvalue weighted by atomic mass is 10.2. The van der Waals surface area contributed by atoms with Crippen molar-refractivity contribution in [2.24, 2.45) is 5.92 Å². The molecule has 1 saturated carbocycles. The summed E-state index contributed by atoms with van der Waals surface area (Å²) < 4.78 is 5.76. The maximum Gasteiger partial charge on any atom is 0.119 e. The Labute approximate surface area is 108 Å². The molecule has 0 amide bonds. The summed E-state index contributed by atoms with van der Waals surface area (Å²) in [4.78, 5) is 0. The predicted octanol–water partition coefficient (Wildman–Crippen LogP) is 3.42. The second-order valence-corrected chi connectivity index (χ2v) is 5.42. The quantitative estimate of drug-likeness (QED) is 0.839. The Balaban J connectivity index is 1.73. The maximum absolute atomic E-state index is 5.97. The molecule has 0 aromatic heterocycles. The van der Waals surface area contributed by atoms with E-state index in [0.717, 1.165) is 35.5 Å². The van der Waals surface area contributed by atoms with Crippen LogP contribution in [0.15, 0.2) is 18.2 Å². The molecule has 0 saturated heterocycles. The van der Waals surface area contributed by atoms with Gasteiger partial charge in [-0.25, -0.2) is 0 Å². The minimum Gasteiger partial charge on any atom is -0.493 e. The van der Waals surface area contributed by atoms with E-state index < -0.39 is 0 Å². The van der Waals surface area contributed by atoms with Crippen LogP contribution in [-0.4, -0.2) is 19.2 Å². The van der Waals surface area contributed by atoms with Gasteiger partial charge in [0.25, 0.3) is 0 Å². The topological polar surface area (TPSA) is 21.3 Å². The highest BCUT2D eigenvalue weighted by molar-refractivity contribution is 6.31. The van der Waals surface area contributed by atoms with Gasteiger partial charge in [0.2, 0.25) is 0 Å². The summed E-state index contributed by atoms with van der Waals surface area (Å²) in [6.07, 6.45) is 2.67. The summed E-state index contributed by atoms with van der Waals surface area (Å²) in [6.45, 7) is 5.99. The largest absolute Gasteiger partial charge is 0.493 e. The molecule has 1 unspecified atom stereocenters. The SMILES string of the molecule is Cc1cc(OCC(C)CNC2CC2)ccc1Cl. The molecule has 1 atom stereocenters. The van der Waals surface area contributed by atoms with Gasteiger partial charge in [-0.1, -0.05) is 18.5 Å². The second kappa shape index (κ2) is 5.74. The van der Waals surface area contributed by atoms with Crippen molar-refractivity contribution < 1.29 is 4.74 Å². The zero-order valence-electron chi connectivity index (χ0n) is 10.5. The minimum absolute atomic E-state index is 0.534. The molecule has 1 fully saturated rings. The van der Waals surface area contributed by atoms with Crippen LogP contribution in [0.25, 0.3) is 0 Å². The van der Waals surface area contributed by atoms with Crippen molar-refractivity contribution in [2.75, 3.05) is 13.2 Å². The highest BCUT2D eigenvalue weighted by atomic mass is 35.5. The molecule has 1 aliphatic carbocycles. The van der Waals surface area contributed by atoms with Gasteiger partial charge in [-0.15, -0.1) is 0 Å². The summed E-state index contributed by atoms with van der Waals surface area (Å²) in [5.41, 5.74) is 1.06. The lowest BCUT2D eigenvalue weighted by Crippen LogP contribution is -2.26. The first kappa shape index (κ1) is 12.7. The smallest absolute Gasteiger partial charge is 0.119 e. The van der Waals surface area contributed by atoms with E-state index in [2.05, 4.69) is 12.2 Å². The molecule has 0 aliphatic heterocycles. The number of benzene rings is 1. The molecule has 0 radical (unpaired) electrons. The number of rotatable bonds is 6. The molecule has 0 heterocycles. The minimum atomic E-state index is 0.534. The third-order valence-electron chi connectivity index (χ3n) is 3.00. The normalized spacial score (nSPS) is 16.9. The van der Waals surface area contributed by atoms with Crippen molar-refractivity contribution in [3.63, 3.8) is 0 Å². The van der Waals surface area contributed by atoms with Crippen LogP contribution in [0.2, 0.25) is 5.02 Å². The van der Waals surface area contributed by atoms with Crippen LogP contribution >= 0.6 is 11.6 Å². The molecule has 2 rings (SSSR count). The Kier molecular flexibility index (Phi) is 4.30. The number of hydrogen-bond acceptors (Lipinski definition) is 2. The van der Waals surface area contributed by atoms with Crippen molar-refractivity contribution in [3.05, 3.63) is 28.8 Å². The fraction of sp³-hybridized carbons (Fsp3) is 0.571. The highest BCUT2D eigenvalue weighted by Gasteiger charge is 2.20. The average molecular weight is 254 g/mol. The third-order valence-corrected chi connectivity index (χ3v) is 3.42. The highest BCUT2D eigenvalue weighted by Crippen LogP contribution is 2.22. The summed E-state index contributed by atoms with van der Waals surface area (Å²) in [6, 6.07) is 6.58. The molecule has 0 spiro atoms. The molecular formula is C14H20ClNO. The molecule has 1 N–H and O–H groups in total. The van der Waals surface area contributed by atoms with Crippen LogP contribution in [0.4, 0.5) is 0 Å². The summed E-state index contributed by atoms with van der Waals surface area (Å²) >= 11 is 5.97. The Morgan fingerprint density at radius 3 is 2.88 bits per heavy atom. The zero-order valence-corrected chi connectivity index (χ0v) is 11.3. The van der Waals surface area contributed by atoms with Crippen LogP contribution in [0.1, 0.15) is 25.3 Å². The molecule has 2 nitrogen and oxygen atoms in total. The first-order valence-electron chi connectivity index (χ1n) is 6.27. The van der Waals surface area contributed by atoms with E-state index in [9.17, 15) is 0 Å².